The maximum atomic E-state index is 12.6. The topological polar surface area (TPSA) is 75.4 Å². The van der Waals surface area contributed by atoms with Gasteiger partial charge in [0, 0.05) is 37.1 Å². The molecule has 2 aromatic heterocycles. The summed E-state index contributed by atoms with van der Waals surface area (Å²) in [6, 6.07) is 3.60. The highest BCUT2D eigenvalue weighted by molar-refractivity contribution is 5.95. The first-order valence-electron chi connectivity index (χ1n) is 10.4. The van der Waals surface area contributed by atoms with E-state index in [0.29, 0.717) is 47.0 Å². The number of carbonyl (C=O) groups excluding carboxylic acids is 2. The van der Waals surface area contributed by atoms with Gasteiger partial charge in [0.25, 0.3) is 5.91 Å². The van der Waals surface area contributed by atoms with Gasteiger partial charge in [-0.15, -0.1) is 0 Å². The molecule has 2 amide bonds. The zero-order chi connectivity index (χ0) is 19.5. The van der Waals surface area contributed by atoms with Crippen LogP contribution in [0.1, 0.15) is 43.7 Å². The van der Waals surface area contributed by atoms with Crippen LogP contribution in [0.25, 0.3) is 11.0 Å². The van der Waals surface area contributed by atoms with E-state index < -0.39 is 0 Å². The minimum Gasteiger partial charge on any atom is -0.449 e. The van der Waals surface area contributed by atoms with Crippen molar-refractivity contribution in [2.75, 3.05) is 19.6 Å². The lowest BCUT2D eigenvalue weighted by Crippen LogP contribution is -2.41. The lowest BCUT2D eigenvalue weighted by Gasteiger charge is -2.33. The van der Waals surface area contributed by atoms with Gasteiger partial charge in [0.1, 0.15) is 0 Å². The van der Waals surface area contributed by atoms with Gasteiger partial charge >= 0.3 is 0 Å². The van der Waals surface area contributed by atoms with Crippen LogP contribution in [0.15, 0.2) is 28.9 Å². The number of nitrogens with zero attached hydrogens (tertiary/aromatic N) is 2. The van der Waals surface area contributed by atoms with E-state index in [1.807, 2.05) is 6.07 Å². The first-order valence-corrected chi connectivity index (χ1v) is 10.4. The lowest BCUT2D eigenvalue weighted by molar-refractivity contribution is -0.134. The molecule has 1 N–H and O–H groups in total. The Balaban J connectivity index is 1.12. The van der Waals surface area contributed by atoms with E-state index in [1.165, 1.54) is 0 Å². The van der Waals surface area contributed by atoms with Crippen LogP contribution in [0.3, 0.4) is 0 Å². The number of rotatable bonds is 4. The van der Waals surface area contributed by atoms with Crippen LogP contribution >= 0.6 is 0 Å². The van der Waals surface area contributed by atoms with E-state index in [0.717, 1.165) is 37.7 Å². The third kappa shape index (κ3) is 2.90. The quantitative estimate of drug-likeness (QED) is 0.883. The number of hydrogen-bond donors (Lipinski definition) is 1. The average molecular weight is 381 g/mol. The second kappa shape index (κ2) is 6.33. The zero-order valence-electron chi connectivity index (χ0n) is 16.5. The van der Waals surface area contributed by atoms with Gasteiger partial charge in [-0.05, 0) is 54.6 Å². The van der Waals surface area contributed by atoms with E-state index in [-0.39, 0.29) is 11.8 Å². The van der Waals surface area contributed by atoms with Crippen molar-refractivity contribution >= 4 is 22.8 Å². The summed E-state index contributed by atoms with van der Waals surface area (Å²) < 4.78 is 5.59. The van der Waals surface area contributed by atoms with Crippen molar-refractivity contribution in [3.8, 4) is 0 Å². The van der Waals surface area contributed by atoms with Crippen LogP contribution < -0.4 is 5.32 Å². The molecule has 6 nitrogen and oxygen atoms in total. The Kier molecular flexibility index (Phi) is 4.00. The van der Waals surface area contributed by atoms with E-state index in [4.69, 9.17) is 4.42 Å². The Bertz CT molecular complexity index is 887. The smallest absolute Gasteiger partial charge is 0.287 e. The lowest BCUT2D eigenvalue weighted by atomic mass is 9.90. The molecule has 28 heavy (non-hydrogen) atoms. The molecule has 3 heterocycles. The molecular weight excluding hydrogens is 354 g/mol. The summed E-state index contributed by atoms with van der Waals surface area (Å²) in [7, 11) is 0. The highest BCUT2D eigenvalue weighted by atomic mass is 16.3. The van der Waals surface area contributed by atoms with E-state index in [2.05, 4.69) is 29.0 Å². The number of likely N-dealkylation sites (tertiary alicyclic amines) is 1. The Labute approximate surface area is 164 Å². The Morgan fingerprint density at radius 1 is 1.29 bits per heavy atom. The molecule has 0 bridgehead atoms. The van der Waals surface area contributed by atoms with Gasteiger partial charge in [-0.1, -0.05) is 13.8 Å². The van der Waals surface area contributed by atoms with Gasteiger partial charge in [0.05, 0.1) is 6.20 Å². The maximum Gasteiger partial charge on any atom is 0.287 e. The molecule has 2 saturated carbocycles. The zero-order valence-corrected chi connectivity index (χ0v) is 16.5. The van der Waals surface area contributed by atoms with Gasteiger partial charge in [0.15, 0.2) is 11.3 Å². The van der Waals surface area contributed by atoms with Crippen LogP contribution in [0.2, 0.25) is 0 Å². The molecule has 6 heteroatoms. The normalized spacial score (nSPS) is 30.4. The van der Waals surface area contributed by atoms with Crippen molar-refractivity contribution < 1.29 is 14.0 Å². The van der Waals surface area contributed by atoms with Crippen LogP contribution in [0.4, 0.5) is 0 Å². The molecule has 3 fully saturated rings. The summed E-state index contributed by atoms with van der Waals surface area (Å²) >= 11 is 0. The molecule has 1 aliphatic heterocycles. The largest absolute Gasteiger partial charge is 0.449 e. The summed E-state index contributed by atoms with van der Waals surface area (Å²) in [4.78, 5) is 31.1. The van der Waals surface area contributed by atoms with E-state index >= 15 is 0 Å². The molecule has 2 aromatic rings. The minimum atomic E-state index is -0.164. The molecule has 3 unspecified atom stereocenters. The number of furan rings is 1. The predicted octanol–water partition coefficient (Wildman–Crippen LogP) is 3.09. The maximum absolute atomic E-state index is 12.6. The molecule has 0 radical (unpaired) electrons. The average Bonchev–Trinajstić information content (AvgIpc) is 3.46. The van der Waals surface area contributed by atoms with Crippen LogP contribution in [-0.2, 0) is 4.79 Å². The van der Waals surface area contributed by atoms with Crippen molar-refractivity contribution in [3.05, 3.63) is 30.3 Å². The van der Waals surface area contributed by atoms with Crippen LogP contribution in [0, 0.1) is 29.1 Å². The molecular formula is C22H27N3O3. The van der Waals surface area contributed by atoms with Crippen molar-refractivity contribution in [1.82, 2.24) is 15.2 Å². The third-order valence-electron chi connectivity index (χ3n) is 7.59. The highest BCUT2D eigenvalue weighted by Crippen LogP contribution is 2.59. The highest BCUT2D eigenvalue weighted by Gasteiger charge is 2.56. The Morgan fingerprint density at radius 3 is 2.71 bits per heavy atom. The first kappa shape index (κ1) is 17.7. The summed E-state index contributed by atoms with van der Waals surface area (Å²) in [5.41, 5.74) is 0.953. The van der Waals surface area contributed by atoms with Crippen LogP contribution in [0.5, 0.6) is 0 Å². The van der Waals surface area contributed by atoms with Gasteiger partial charge < -0.3 is 14.6 Å². The van der Waals surface area contributed by atoms with Gasteiger partial charge in [-0.2, -0.15) is 0 Å². The molecule has 2 aliphatic carbocycles. The van der Waals surface area contributed by atoms with E-state index in [1.54, 1.807) is 18.5 Å². The molecule has 3 atom stereocenters. The van der Waals surface area contributed by atoms with Gasteiger partial charge in [-0.25, -0.2) is 0 Å². The SMILES string of the molecule is CC1C(C)C1C(=O)N1CCC2(CC1)CC2CNC(=O)c1cc2ccncc2o1. The molecule has 5 rings (SSSR count). The molecule has 3 aliphatic rings. The van der Waals surface area contributed by atoms with Crippen molar-refractivity contribution in [1.29, 1.82) is 0 Å². The van der Waals surface area contributed by atoms with Crippen molar-refractivity contribution in [3.63, 3.8) is 0 Å². The van der Waals surface area contributed by atoms with Crippen molar-refractivity contribution in [2.45, 2.75) is 33.1 Å². The fraction of sp³-hybridized carbons (Fsp3) is 0.591. The summed E-state index contributed by atoms with van der Waals surface area (Å²) in [6.07, 6.45) is 6.58. The van der Waals surface area contributed by atoms with Gasteiger partial charge in [0.2, 0.25) is 5.91 Å². The third-order valence-corrected chi connectivity index (χ3v) is 7.59. The number of pyridine rings is 1. The summed E-state index contributed by atoms with van der Waals surface area (Å²) in [5, 5.41) is 3.92. The molecule has 1 spiro atoms. The number of aromatic nitrogens is 1. The fourth-order valence-corrected chi connectivity index (χ4v) is 5.13. The standard InChI is InChI=1S/C22H27N3O3/c1-13-14(2)19(13)21(27)25-7-4-22(5-8-25)10-16(22)11-24-20(26)17-9-15-3-6-23-12-18(15)28-17/h3,6,9,12-14,16,19H,4-5,7-8,10-11H2,1-2H3,(H,24,26). The first-order chi connectivity index (χ1) is 13.5. The fourth-order valence-electron chi connectivity index (χ4n) is 5.13. The second-order valence-corrected chi connectivity index (χ2v) is 9.07. The van der Waals surface area contributed by atoms with Gasteiger partial charge in [-0.3, -0.25) is 14.6 Å². The molecule has 0 aromatic carbocycles. The number of carbonyl (C=O) groups is 2. The van der Waals surface area contributed by atoms with Crippen molar-refractivity contribution in [2.24, 2.45) is 29.1 Å². The molecule has 1 saturated heterocycles. The summed E-state index contributed by atoms with van der Waals surface area (Å²) in [5.74, 6) is 2.39. The molecule has 148 valence electrons. The van der Waals surface area contributed by atoms with Crippen LogP contribution in [-0.4, -0.2) is 41.3 Å². The number of fused-ring (bicyclic) bond motifs is 1. The monoisotopic (exact) mass is 381 g/mol. The number of nitrogens with one attached hydrogen (secondary N) is 1. The minimum absolute atomic E-state index is 0.164. The number of piperidine rings is 1. The second-order valence-electron chi connectivity index (χ2n) is 9.07. The Morgan fingerprint density at radius 2 is 2.04 bits per heavy atom. The number of hydrogen-bond acceptors (Lipinski definition) is 4. The van der Waals surface area contributed by atoms with E-state index in [9.17, 15) is 9.59 Å². The number of amides is 2. The Hall–Kier alpha value is -2.37. The summed E-state index contributed by atoms with van der Waals surface area (Å²) in [6.45, 7) is 6.78. The predicted molar refractivity (Wildman–Crippen MR) is 105 cm³/mol.